The minimum atomic E-state index is -1.15. The van der Waals surface area contributed by atoms with Crippen LogP contribution < -0.4 is 4.74 Å². The number of hydrogen-bond donors (Lipinski definition) is 1. The summed E-state index contributed by atoms with van der Waals surface area (Å²) in [5.41, 5.74) is 0.852. The van der Waals surface area contributed by atoms with Crippen molar-refractivity contribution >= 4 is 5.97 Å². The van der Waals surface area contributed by atoms with Crippen LogP contribution in [0, 0.1) is 6.92 Å². The van der Waals surface area contributed by atoms with Crippen LogP contribution in [0.5, 0.6) is 11.8 Å². The molecule has 0 fully saturated rings. The van der Waals surface area contributed by atoms with Crippen LogP contribution in [0.3, 0.4) is 0 Å². The van der Waals surface area contributed by atoms with Crippen LogP contribution in [0.15, 0.2) is 34.9 Å². The number of carbonyl (C=O) groups is 1. The molecule has 2 rings (SSSR count). The average molecular weight is 219 g/mol. The summed E-state index contributed by atoms with van der Waals surface area (Å²) in [7, 11) is 0. The van der Waals surface area contributed by atoms with Crippen LogP contribution >= 0.6 is 0 Å². The van der Waals surface area contributed by atoms with Gasteiger partial charge in [0.05, 0.1) is 0 Å². The number of ether oxygens (including phenoxy) is 1. The Hall–Kier alpha value is -2.30. The number of oxazole rings is 1. The average Bonchev–Trinajstić information content (AvgIpc) is 2.66. The fourth-order valence-corrected chi connectivity index (χ4v) is 1.18. The Morgan fingerprint density at radius 3 is 2.94 bits per heavy atom. The van der Waals surface area contributed by atoms with E-state index in [-0.39, 0.29) is 11.8 Å². The molecule has 2 aromatic rings. The van der Waals surface area contributed by atoms with Crippen LogP contribution in [0.1, 0.15) is 16.1 Å². The molecular weight excluding hydrogens is 210 g/mol. The van der Waals surface area contributed by atoms with Crippen molar-refractivity contribution in [3.63, 3.8) is 0 Å². The molecule has 0 aliphatic rings. The summed E-state index contributed by atoms with van der Waals surface area (Å²) in [4.78, 5) is 14.2. The van der Waals surface area contributed by atoms with E-state index in [9.17, 15) is 4.79 Å². The zero-order chi connectivity index (χ0) is 11.5. The molecule has 0 bridgehead atoms. The van der Waals surface area contributed by atoms with E-state index in [4.69, 9.17) is 14.3 Å². The van der Waals surface area contributed by atoms with Crippen LogP contribution in [0.2, 0.25) is 0 Å². The molecule has 0 spiro atoms. The monoisotopic (exact) mass is 219 g/mol. The van der Waals surface area contributed by atoms with Gasteiger partial charge in [0.15, 0.2) is 5.69 Å². The van der Waals surface area contributed by atoms with Gasteiger partial charge in [-0.15, -0.1) is 0 Å². The maximum atomic E-state index is 10.5. The van der Waals surface area contributed by atoms with Crippen LogP contribution in [-0.4, -0.2) is 16.1 Å². The van der Waals surface area contributed by atoms with Gasteiger partial charge in [0.1, 0.15) is 12.0 Å². The molecule has 1 heterocycles. The van der Waals surface area contributed by atoms with Crippen LogP contribution in [0.25, 0.3) is 0 Å². The lowest BCUT2D eigenvalue weighted by atomic mass is 10.2. The van der Waals surface area contributed by atoms with E-state index < -0.39 is 5.97 Å². The lowest BCUT2D eigenvalue weighted by molar-refractivity contribution is 0.0690. The largest absolute Gasteiger partial charge is 0.476 e. The van der Waals surface area contributed by atoms with Crippen LogP contribution in [0.4, 0.5) is 0 Å². The number of hydrogen-bond acceptors (Lipinski definition) is 4. The standard InChI is InChI=1S/C11H9NO4/c1-7-3-2-4-8(5-7)16-11-12-9(6-15-11)10(13)14/h2-6H,1H3,(H,13,14). The van der Waals surface area contributed by atoms with Gasteiger partial charge in [0.25, 0.3) is 0 Å². The van der Waals surface area contributed by atoms with Crippen LogP contribution in [-0.2, 0) is 0 Å². The van der Waals surface area contributed by atoms with E-state index in [1.165, 1.54) is 0 Å². The molecule has 16 heavy (non-hydrogen) atoms. The molecule has 1 aromatic carbocycles. The molecule has 0 radical (unpaired) electrons. The lowest BCUT2D eigenvalue weighted by Crippen LogP contribution is -1.95. The Morgan fingerprint density at radius 2 is 2.31 bits per heavy atom. The fourth-order valence-electron chi connectivity index (χ4n) is 1.18. The van der Waals surface area contributed by atoms with Gasteiger partial charge in [0, 0.05) is 0 Å². The van der Waals surface area contributed by atoms with Crippen molar-refractivity contribution in [1.29, 1.82) is 0 Å². The quantitative estimate of drug-likeness (QED) is 0.858. The molecular formula is C11H9NO4. The minimum Gasteiger partial charge on any atom is -0.476 e. The molecule has 1 N–H and O–H groups in total. The first-order valence-electron chi connectivity index (χ1n) is 4.58. The predicted molar refractivity (Wildman–Crippen MR) is 54.7 cm³/mol. The summed E-state index contributed by atoms with van der Waals surface area (Å²) in [5.74, 6) is -0.596. The molecule has 0 unspecified atom stereocenters. The van der Waals surface area contributed by atoms with Crippen molar-refractivity contribution in [2.24, 2.45) is 0 Å². The highest BCUT2D eigenvalue weighted by Crippen LogP contribution is 2.21. The first-order chi connectivity index (χ1) is 7.65. The fraction of sp³-hybridized carbons (Fsp3) is 0.0909. The topological polar surface area (TPSA) is 72.6 Å². The number of rotatable bonds is 3. The van der Waals surface area contributed by atoms with Crippen molar-refractivity contribution in [3.8, 4) is 11.8 Å². The maximum absolute atomic E-state index is 10.5. The van der Waals surface area contributed by atoms with Gasteiger partial charge in [0.2, 0.25) is 0 Å². The summed E-state index contributed by atoms with van der Waals surface area (Å²) in [6, 6.07) is 7.28. The Kier molecular flexibility index (Phi) is 2.59. The van der Waals surface area contributed by atoms with E-state index in [1.54, 1.807) is 12.1 Å². The van der Waals surface area contributed by atoms with Gasteiger partial charge in [-0.05, 0) is 24.6 Å². The Bertz CT molecular complexity index is 518. The third kappa shape index (κ3) is 2.20. The first kappa shape index (κ1) is 10.2. The number of carboxylic acid groups (broad SMARTS) is 1. The molecule has 0 amide bonds. The third-order valence-electron chi connectivity index (χ3n) is 1.90. The summed E-state index contributed by atoms with van der Waals surface area (Å²) in [6.07, 6.45) is 0.955. The van der Waals surface area contributed by atoms with E-state index >= 15 is 0 Å². The molecule has 0 aliphatic carbocycles. The molecule has 0 saturated carbocycles. The number of nitrogens with zero attached hydrogens (tertiary/aromatic N) is 1. The Morgan fingerprint density at radius 1 is 1.50 bits per heavy atom. The minimum absolute atomic E-state index is 0.0806. The predicted octanol–water partition coefficient (Wildman–Crippen LogP) is 2.47. The number of aromatic nitrogens is 1. The van der Waals surface area contributed by atoms with Gasteiger partial charge >= 0.3 is 12.0 Å². The Labute approximate surface area is 91.3 Å². The second-order valence-corrected chi connectivity index (χ2v) is 3.22. The molecule has 0 saturated heterocycles. The highest BCUT2D eigenvalue weighted by molar-refractivity contribution is 5.84. The maximum Gasteiger partial charge on any atom is 0.399 e. The van der Waals surface area contributed by atoms with Crippen molar-refractivity contribution in [2.45, 2.75) is 6.92 Å². The van der Waals surface area contributed by atoms with Gasteiger partial charge < -0.3 is 14.3 Å². The first-order valence-corrected chi connectivity index (χ1v) is 4.58. The molecule has 5 nitrogen and oxygen atoms in total. The molecule has 0 atom stereocenters. The second-order valence-electron chi connectivity index (χ2n) is 3.22. The van der Waals surface area contributed by atoms with Crippen molar-refractivity contribution in [3.05, 3.63) is 41.8 Å². The summed E-state index contributed by atoms with van der Waals surface area (Å²) in [5, 5.41) is 8.63. The SMILES string of the molecule is Cc1cccc(Oc2nc(C(=O)O)co2)c1. The number of aryl methyl sites for hydroxylation is 1. The van der Waals surface area contributed by atoms with Gasteiger partial charge in [-0.3, -0.25) is 0 Å². The normalized spacial score (nSPS) is 10.1. The van der Waals surface area contributed by atoms with Gasteiger partial charge in [-0.2, -0.15) is 4.98 Å². The molecule has 82 valence electrons. The van der Waals surface area contributed by atoms with E-state index in [1.807, 2.05) is 19.1 Å². The zero-order valence-electron chi connectivity index (χ0n) is 8.51. The van der Waals surface area contributed by atoms with Crippen molar-refractivity contribution < 1.29 is 19.1 Å². The number of carboxylic acids is 1. The molecule has 0 aliphatic heterocycles. The van der Waals surface area contributed by atoms with Crippen molar-refractivity contribution in [1.82, 2.24) is 4.98 Å². The smallest absolute Gasteiger partial charge is 0.399 e. The molecule has 1 aromatic heterocycles. The van der Waals surface area contributed by atoms with Gasteiger partial charge in [-0.1, -0.05) is 12.1 Å². The van der Waals surface area contributed by atoms with Crippen molar-refractivity contribution in [2.75, 3.05) is 0 Å². The highest BCUT2D eigenvalue weighted by Gasteiger charge is 2.11. The molecule has 5 heteroatoms. The van der Waals surface area contributed by atoms with E-state index in [2.05, 4.69) is 4.98 Å². The summed E-state index contributed by atoms with van der Waals surface area (Å²) < 4.78 is 10.1. The summed E-state index contributed by atoms with van der Waals surface area (Å²) >= 11 is 0. The van der Waals surface area contributed by atoms with Gasteiger partial charge in [-0.25, -0.2) is 4.79 Å². The van der Waals surface area contributed by atoms with E-state index in [0.717, 1.165) is 11.8 Å². The lowest BCUT2D eigenvalue weighted by Gasteiger charge is -2.00. The van der Waals surface area contributed by atoms with E-state index in [0.29, 0.717) is 5.75 Å². The zero-order valence-corrected chi connectivity index (χ0v) is 8.51. The third-order valence-corrected chi connectivity index (χ3v) is 1.90. The Balaban J connectivity index is 2.17. The second kappa shape index (κ2) is 4.06. The summed E-state index contributed by atoms with van der Waals surface area (Å²) in [6.45, 7) is 1.92. The highest BCUT2D eigenvalue weighted by atomic mass is 16.6. The number of aromatic carboxylic acids is 1. The number of benzene rings is 1.